The van der Waals surface area contributed by atoms with E-state index in [0.29, 0.717) is 24.9 Å². The molecule has 1 amide bonds. The molecule has 0 unspecified atom stereocenters. The second kappa shape index (κ2) is 7.35. The van der Waals surface area contributed by atoms with Crippen molar-refractivity contribution in [1.82, 2.24) is 15.3 Å². The summed E-state index contributed by atoms with van der Waals surface area (Å²) < 4.78 is 13.0. The Hall–Kier alpha value is -3.22. The van der Waals surface area contributed by atoms with Crippen molar-refractivity contribution in [2.75, 3.05) is 6.54 Å². The van der Waals surface area contributed by atoms with Gasteiger partial charge in [0.15, 0.2) is 5.75 Å². The fraction of sp³-hybridized carbons (Fsp3) is 0.211. The molecule has 0 saturated heterocycles. The molecular weight excluding hydrogens is 337 g/mol. The second-order valence-electron chi connectivity index (χ2n) is 5.98. The first kappa shape index (κ1) is 17.6. The maximum absolute atomic E-state index is 13.0. The van der Waals surface area contributed by atoms with E-state index in [0.717, 1.165) is 11.1 Å². The lowest BCUT2D eigenvalue weighted by Gasteiger charge is -2.09. The molecule has 2 aromatic heterocycles. The van der Waals surface area contributed by atoms with E-state index in [1.807, 2.05) is 6.92 Å². The van der Waals surface area contributed by atoms with Crippen LogP contribution in [0.2, 0.25) is 0 Å². The average Bonchev–Trinajstić information content (AvgIpc) is 2.61. The fourth-order valence-electron chi connectivity index (χ4n) is 2.67. The maximum atomic E-state index is 13.0. The SMILES string of the molecule is CCCNC(=O)c1c(O)c2ncc(Cc3ccc(F)cc3)cc2[nH]c1=O. The number of carbonyl (C=O) groups excluding carboxylic acids is 1. The van der Waals surface area contributed by atoms with E-state index in [2.05, 4.69) is 15.3 Å². The Morgan fingerprint density at radius 3 is 2.69 bits per heavy atom. The zero-order valence-corrected chi connectivity index (χ0v) is 14.2. The van der Waals surface area contributed by atoms with Crippen molar-refractivity contribution < 1.29 is 14.3 Å². The van der Waals surface area contributed by atoms with Gasteiger partial charge in [0.25, 0.3) is 11.5 Å². The van der Waals surface area contributed by atoms with Gasteiger partial charge in [-0.15, -0.1) is 0 Å². The molecule has 2 heterocycles. The number of halogens is 1. The molecule has 7 heteroatoms. The predicted octanol–water partition coefficient (Wildman–Crippen LogP) is 2.50. The fourth-order valence-corrected chi connectivity index (χ4v) is 2.67. The van der Waals surface area contributed by atoms with Crippen molar-refractivity contribution >= 4 is 16.9 Å². The Morgan fingerprint density at radius 2 is 2.00 bits per heavy atom. The third-order valence-electron chi connectivity index (χ3n) is 3.96. The van der Waals surface area contributed by atoms with Crippen molar-refractivity contribution in [1.29, 1.82) is 0 Å². The minimum Gasteiger partial charge on any atom is -0.505 e. The molecule has 0 fully saturated rings. The lowest BCUT2D eigenvalue weighted by atomic mass is 10.1. The zero-order chi connectivity index (χ0) is 18.7. The number of hydrogen-bond acceptors (Lipinski definition) is 4. The number of aromatic hydroxyl groups is 1. The Kier molecular flexibility index (Phi) is 4.97. The van der Waals surface area contributed by atoms with Crippen LogP contribution in [0.3, 0.4) is 0 Å². The number of benzene rings is 1. The molecule has 0 aliphatic carbocycles. The van der Waals surface area contributed by atoms with Crippen LogP contribution in [0.5, 0.6) is 5.75 Å². The third-order valence-corrected chi connectivity index (χ3v) is 3.96. The quantitative estimate of drug-likeness (QED) is 0.655. The topological polar surface area (TPSA) is 95.1 Å². The largest absolute Gasteiger partial charge is 0.505 e. The summed E-state index contributed by atoms with van der Waals surface area (Å²) >= 11 is 0. The molecule has 0 atom stereocenters. The molecule has 3 rings (SSSR count). The van der Waals surface area contributed by atoms with Gasteiger partial charge in [0.05, 0.1) is 5.52 Å². The van der Waals surface area contributed by atoms with Crippen LogP contribution in [0.15, 0.2) is 41.3 Å². The highest BCUT2D eigenvalue weighted by molar-refractivity contribution is 6.01. The first-order valence-electron chi connectivity index (χ1n) is 8.26. The van der Waals surface area contributed by atoms with Crippen molar-refractivity contribution in [3.05, 3.63) is 69.4 Å². The Bertz CT molecular complexity index is 1010. The van der Waals surface area contributed by atoms with E-state index in [4.69, 9.17) is 0 Å². The summed E-state index contributed by atoms with van der Waals surface area (Å²) in [7, 11) is 0. The molecule has 6 nitrogen and oxygen atoms in total. The molecule has 3 aromatic rings. The summed E-state index contributed by atoms with van der Waals surface area (Å²) in [5, 5.41) is 12.9. The lowest BCUT2D eigenvalue weighted by molar-refractivity contribution is 0.0949. The van der Waals surface area contributed by atoms with Gasteiger partial charge in [0.1, 0.15) is 16.9 Å². The number of fused-ring (bicyclic) bond motifs is 1. The van der Waals surface area contributed by atoms with Gasteiger partial charge in [0.2, 0.25) is 0 Å². The third kappa shape index (κ3) is 3.56. The van der Waals surface area contributed by atoms with Gasteiger partial charge >= 0.3 is 0 Å². The van der Waals surface area contributed by atoms with Crippen LogP contribution in [-0.2, 0) is 6.42 Å². The van der Waals surface area contributed by atoms with E-state index in [1.165, 1.54) is 12.1 Å². The Labute approximate surface area is 148 Å². The lowest BCUT2D eigenvalue weighted by Crippen LogP contribution is -2.30. The molecule has 134 valence electrons. The standard InChI is InChI=1S/C19H18FN3O3/c1-2-7-21-18(25)15-17(24)16-14(23-19(15)26)9-12(10-22-16)8-11-3-5-13(20)6-4-11/h3-6,9-10H,2,7-8H2,1H3,(H,21,25)(H2,23,24,26). The smallest absolute Gasteiger partial charge is 0.265 e. The predicted molar refractivity (Wildman–Crippen MR) is 95.9 cm³/mol. The van der Waals surface area contributed by atoms with Gasteiger partial charge in [-0.1, -0.05) is 19.1 Å². The first-order valence-corrected chi connectivity index (χ1v) is 8.26. The number of nitrogens with one attached hydrogen (secondary N) is 2. The second-order valence-corrected chi connectivity index (χ2v) is 5.98. The number of rotatable bonds is 5. The minimum atomic E-state index is -0.677. The number of pyridine rings is 2. The van der Waals surface area contributed by atoms with Gasteiger partial charge in [0, 0.05) is 12.7 Å². The monoisotopic (exact) mass is 355 g/mol. The van der Waals surface area contributed by atoms with Crippen molar-refractivity contribution in [2.24, 2.45) is 0 Å². The molecule has 0 aliphatic rings. The van der Waals surface area contributed by atoms with Gasteiger partial charge in [-0.2, -0.15) is 0 Å². The number of aromatic nitrogens is 2. The van der Waals surface area contributed by atoms with E-state index >= 15 is 0 Å². The summed E-state index contributed by atoms with van der Waals surface area (Å²) in [5.41, 5.74) is 1.12. The van der Waals surface area contributed by atoms with Crippen molar-refractivity contribution in [3.63, 3.8) is 0 Å². The van der Waals surface area contributed by atoms with Gasteiger partial charge in [-0.3, -0.25) is 14.6 Å². The van der Waals surface area contributed by atoms with Crippen LogP contribution < -0.4 is 10.9 Å². The minimum absolute atomic E-state index is 0.147. The molecule has 3 N–H and O–H groups in total. The van der Waals surface area contributed by atoms with E-state index < -0.39 is 17.2 Å². The molecule has 0 bridgehead atoms. The number of nitrogens with zero attached hydrogens (tertiary/aromatic N) is 1. The van der Waals surface area contributed by atoms with E-state index in [-0.39, 0.29) is 16.9 Å². The molecule has 0 aliphatic heterocycles. The molecule has 0 spiro atoms. The van der Waals surface area contributed by atoms with E-state index in [1.54, 1.807) is 24.4 Å². The van der Waals surface area contributed by atoms with Gasteiger partial charge < -0.3 is 15.4 Å². The van der Waals surface area contributed by atoms with Crippen molar-refractivity contribution in [2.45, 2.75) is 19.8 Å². The molecule has 0 saturated carbocycles. The Balaban J connectivity index is 1.97. The van der Waals surface area contributed by atoms with Crippen LogP contribution in [0.1, 0.15) is 34.8 Å². The molecular formula is C19H18FN3O3. The van der Waals surface area contributed by atoms with Crippen LogP contribution in [0, 0.1) is 5.82 Å². The molecule has 0 radical (unpaired) electrons. The summed E-state index contributed by atoms with van der Waals surface area (Å²) in [5.74, 6) is -1.39. The molecule has 1 aromatic carbocycles. The normalized spacial score (nSPS) is 10.8. The highest BCUT2D eigenvalue weighted by Gasteiger charge is 2.19. The molecule has 26 heavy (non-hydrogen) atoms. The summed E-state index contributed by atoms with van der Waals surface area (Å²) in [6.07, 6.45) is 2.76. The zero-order valence-electron chi connectivity index (χ0n) is 14.2. The van der Waals surface area contributed by atoms with E-state index in [9.17, 15) is 19.1 Å². The number of H-pyrrole nitrogens is 1. The van der Waals surface area contributed by atoms with Crippen LogP contribution >= 0.6 is 0 Å². The number of carbonyl (C=O) groups is 1. The first-order chi connectivity index (χ1) is 12.5. The van der Waals surface area contributed by atoms with Crippen LogP contribution in [0.25, 0.3) is 11.0 Å². The Morgan fingerprint density at radius 1 is 1.27 bits per heavy atom. The van der Waals surface area contributed by atoms with Crippen LogP contribution in [0.4, 0.5) is 4.39 Å². The number of hydrogen-bond donors (Lipinski definition) is 3. The highest BCUT2D eigenvalue weighted by atomic mass is 19.1. The van der Waals surface area contributed by atoms with Crippen LogP contribution in [-0.4, -0.2) is 27.5 Å². The highest BCUT2D eigenvalue weighted by Crippen LogP contribution is 2.24. The van der Waals surface area contributed by atoms with Gasteiger partial charge in [-0.05, 0) is 42.2 Å². The summed E-state index contributed by atoms with van der Waals surface area (Å²) in [4.78, 5) is 31.1. The average molecular weight is 355 g/mol. The number of amides is 1. The summed E-state index contributed by atoms with van der Waals surface area (Å²) in [6, 6.07) is 7.76. The maximum Gasteiger partial charge on any atom is 0.265 e. The van der Waals surface area contributed by atoms with Gasteiger partial charge in [-0.25, -0.2) is 4.39 Å². The van der Waals surface area contributed by atoms with Crippen molar-refractivity contribution in [3.8, 4) is 5.75 Å². The number of aromatic amines is 1. The summed E-state index contributed by atoms with van der Waals surface area (Å²) in [6.45, 7) is 2.29.